The summed E-state index contributed by atoms with van der Waals surface area (Å²) in [5.74, 6) is 1.35. The number of nitrogens with zero attached hydrogens (tertiary/aromatic N) is 5. The number of pyridine rings is 2. The summed E-state index contributed by atoms with van der Waals surface area (Å²) in [7, 11) is 1.55. The van der Waals surface area contributed by atoms with Crippen molar-refractivity contribution in [2.45, 2.75) is 38.0 Å². The van der Waals surface area contributed by atoms with Crippen LogP contribution < -0.4 is 15.4 Å². The predicted octanol–water partition coefficient (Wildman–Crippen LogP) is 3.22. The van der Waals surface area contributed by atoms with Gasteiger partial charge in [0.25, 0.3) is 0 Å². The lowest BCUT2D eigenvalue weighted by molar-refractivity contribution is -0.0122. The third-order valence-electron chi connectivity index (χ3n) is 6.36. The topological polar surface area (TPSA) is 90.5 Å². The first-order valence-corrected chi connectivity index (χ1v) is 11.4. The van der Waals surface area contributed by atoms with Crippen LogP contribution in [0.3, 0.4) is 0 Å². The van der Waals surface area contributed by atoms with Gasteiger partial charge in [-0.15, -0.1) is 0 Å². The Kier molecular flexibility index (Phi) is 5.19. The SMILES string of the molecule is Cc1cc(-c2ccn3nc(Nc4cc(F)n(C)n4)cc3c2)c(OC2C[C@H]3COC[C@@H](C2)N3)cn1. The van der Waals surface area contributed by atoms with Crippen LogP contribution in [0.1, 0.15) is 18.5 Å². The highest BCUT2D eigenvalue weighted by Gasteiger charge is 2.33. The van der Waals surface area contributed by atoms with Gasteiger partial charge in [-0.3, -0.25) is 4.98 Å². The number of halogens is 1. The van der Waals surface area contributed by atoms with Crippen molar-refractivity contribution in [3.8, 4) is 16.9 Å². The number of piperidine rings is 1. The summed E-state index contributed by atoms with van der Waals surface area (Å²) in [6.45, 7) is 3.44. The maximum atomic E-state index is 13.6. The smallest absolute Gasteiger partial charge is 0.213 e. The van der Waals surface area contributed by atoms with Crippen molar-refractivity contribution < 1.29 is 13.9 Å². The van der Waals surface area contributed by atoms with Gasteiger partial charge in [-0.1, -0.05) is 0 Å². The summed E-state index contributed by atoms with van der Waals surface area (Å²) in [6.07, 6.45) is 5.67. The number of morpholine rings is 1. The second-order valence-corrected chi connectivity index (χ2v) is 9.05. The van der Waals surface area contributed by atoms with Crippen LogP contribution in [0.25, 0.3) is 16.6 Å². The molecule has 2 fully saturated rings. The first-order chi connectivity index (χ1) is 16.5. The van der Waals surface area contributed by atoms with E-state index in [-0.39, 0.29) is 6.10 Å². The second-order valence-electron chi connectivity index (χ2n) is 9.05. The largest absolute Gasteiger partial charge is 0.488 e. The molecule has 0 aliphatic carbocycles. The zero-order valence-corrected chi connectivity index (χ0v) is 19.0. The Morgan fingerprint density at radius 3 is 2.68 bits per heavy atom. The van der Waals surface area contributed by atoms with Crippen molar-refractivity contribution in [1.82, 2.24) is 29.7 Å². The Bertz CT molecular complexity index is 1320. The molecule has 0 aromatic carbocycles. The molecule has 0 saturated carbocycles. The third kappa shape index (κ3) is 4.10. The Morgan fingerprint density at radius 2 is 1.91 bits per heavy atom. The predicted molar refractivity (Wildman–Crippen MR) is 125 cm³/mol. The Balaban J connectivity index is 1.28. The number of nitrogens with one attached hydrogen (secondary N) is 2. The molecule has 2 saturated heterocycles. The lowest BCUT2D eigenvalue weighted by Crippen LogP contribution is -2.56. The van der Waals surface area contributed by atoms with E-state index in [0.717, 1.165) is 54.1 Å². The molecule has 0 spiro atoms. The number of aryl methyl sites for hydroxylation is 2. The van der Waals surface area contributed by atoms with Gasteiger partial charge >= 0.3 is 0 Å². The molecule has 2 aliphatic rings. The zero-order chi connectivity index (χ0) is 23.2. The summed E-state index contributed by atoms with van der Waals surface area (Å²) in [4.78, 5) is 4.49. The van der Waals surface area contributed by atoms with Gasteiger partial charge in [-0.25, -0.2) is 9.20 Å². The van der Waals surface area contributed by atoms with Crippen LogP contribution >= 0.6 is 0 Å². The van der Waals surface area contributed by atoms with Crippen molar-refractivity contribution in [2.75, 3.05) is 18.5 Å². The molecule has 6 rings (SSSR count). The molecule has 2 aliphatic heterocycles. The molecule has 4 aromatic rings. The van der Waals surface area contributed by atoms with Crippen molar-refractivity contribution >= 4 is 17.2 Å². The van der Waals surface area contributed by atoms with E-state index in [2.05, 4.69) is 37.9 Å². The monoisotopic (exact) mass is 463 g/mol. The van der Waals surface area contributed by atoms with Crippen molar-refractivity contribution in [3.05, 3.63) is 54.4 Å². The van der Waals surface area contributed by atoms with Crippen molar-refractivity contribution in [2.24, 2.45) is 7.05 Å². The summed E-state index contributed by atoms with van der Waals surface area (Å²) in [5, 5.41) is 15.3. The fourth-order valence-electron chi connectivity index (χ4n) is 4.79. The van der Waals surface area contributed by atoms with Gasteiger partial charge in [0.15, 0.2) is 11.6 Å². The Morgan fingerprint density at radius 1 is 1.12 bits per heavy atom. The molecule has 4 aromatic heterocycles. The zero-order valence-electron chi connectivity index (χ0n) is 19.0. The fraction of sp³-hybridized carbons (Fsp3) is 0.375. The van der Waals surface area contributed by atoms with Gasteiger partial charge in [-0.05, 0) is 30.7 Å². The number of fused-ring (bicyclic) bond motifs is 3. The average molecular weight is 464 g/mol. The van der Waals surface area contributed by atoms with E-state index in [1.54, 1.807) is 11.6 Å². The van der Waals surface area contributed by atoms with E-state index in [4.69, 9.17) is 9.47 Å². The Labute approximate surface area is 195 Å². The van der Waals surface area contributed by atoms with Crippen LogP contribution in [0, 0.1) is 12.9 Å². The van der Waals surface area contributed by atoms with E-state index in [9.17, 15) is 4.39 Å². The van der Waals surface area contributed by atoms with E-state index in [1.807, 2.05) is 31.5 Å². The van der Waals surface area contributed by atoms with Gasteiger partial charge in [0, 0.05) is 61.6 Å². The van der Waals surface area contributed by atoms with Gasteiger partial charge in [0.2, 0.25) is 5.95 Å². The number of hydrogen-bond acceptors (Lipinski definition) is 7. The molecular weight excluding hydrogens is 437 g/mol. The summed E-state index contributed by atoms with van der Waals surface area (Å²) >= 11 is 0. The summed E-state index contributed by atoms with van der Waals surface area (Å²) < 4.78 is 28.7. The second kappa shape index (κ2) is 8.37. The van der Waals surface area contributed by atoms with Crippen LogP contribution in [-0.2, 0) is 11.8 Å². The molecule has 2 N–H and O–H groups in total. The molecule has 34 heavy (non-hydrogen) atoms. The first-order valence-electron chi connectivity index (χ1n) is 11.4. The third-order valence-corrected chi connectivity index (χ3v) is 6.36. The first kappa shape index (κ1) is 21.1. The lowest BCUT2D eigenvalue weighted by Gasteiger charge is -2.40. The minimum Gasteiger partial charge on any atom is -0.488 e. The van der Waals surface area contributed by atoms with Crippen molar-refractivity contribution in [3.63, 3.8) is 0 Å². The number of ether oxygens (including phenoxy) is 2. The van der Waals surface area contributed by atoms with E-state index >= 15 is 0 Å². The maximum absolute atomic E-state index is 13.6. The normalized spacial score (nSPS) is 22.1. The molecule has 0 radical (unpaired) electrons. The molecule has 0 amide bonds. The quantitative estimate of drug-likeness (QED) is 0.470. The number of hydrogen-bond donors (Lipinski definition) is 2. The van der Waals surface area contributed by atoms with Gasteiger partial charge in [-0.2, -0.15) is 14.6 Å². The lowest BCUT2D eigenvalue weighted by atomic mass is 9.94. The van der Waals surface area contributed by atoms with Crippen LogP contribution in [0.4, 0.5) is 16.0 Å². The summed E-state index contributed by atoms with van der Waals surface area (Å²) in [6, 6.07) is 10.0. The molecular formula is C24H26FN7O2. The average Bonchev–Trinajstić information content (AvgIpc) is 3.35. The minimum absolute atomic E-state index is 0.122. The molecule has 1 unspecified atom stereocenters. The fourth-order valence-corrected chi connectivity index (χ4v) is 4.79. The van der Waals surface area contributed by atoms with Crippen molar-refractivity contribution in [1.29, 1.82) is 0 Å². The van der Waals surface area contributed by atoms with E-state index in [0.29, 0.717) is 23.7 Å². The van der Waals surface area contributed by atoms with Gasteiger partial charge < -0.3 is 20.1 Å². The Hall–Kier alpha value is -3.50. The minimum atomic E-state index is -0.418. The number of aromatic nitrogens is 5. The number of anilines is 2. The van der Waals surface area contributed by atoms with Gasteiger partial charge in [0.1, 0.15) is 11.9 Å². The standard InChI is InChI=1S/C24H26FN7O2/c1-14-5-20(21(11-26-14)34-19-7-16-12-33-13-17(8-19)27-16)15-3-4-32-18(6-15)9-23(30-32)28-24-10-22(25)31(2)29-24/h3-6,9-11,16-17,19,27H,7-8,12-13H2,1-2H3,(H,28,29,30)/t16-,17+,19?. The van der Waals surface area contributed by atoms with Crippen LogP contribution in [0.15, 0.2) is 42.7 Å². The van der Waals surface area contributed by atoms with Gasteiger partial charge in [0.05, 0.1) is 24.9 Å². The maximum Gasteiger partial charge on any atom is 0.213 e. The molecule has 176 valence electrons. The highest BCUT2D eigenvalue weighted by Crippen LogP contribution is 2.34. The van der Waals surface area contributed by atoms with E-state index < -0.39 is 5.95 Å². The van der Waals surface area contributed by atoms with Crippen LogP contribution in [0.5, 0.6) is 5.75 Å². The van der Waals surface area contributed by atoms with Crippen LogP contribution in [-0.4, -0.2) is 55.8 Å². The molecule has 10 heteroatoms. The molecule has 6 heterocycles. The van der Waals surface area contributed by atoms with Crippen LogP contribution in [0.2, 0.25) is 0 Å². The highest BCUT2D eigenvalue weighted by molar-refractivity contribution is 5.75. The number of rotatable bonds is 5. The summed E-state index contributed by atoms with van der Waals surface area (Å²) in [5.41, 5.74) is 3.83. The molecule has 3 atom stereocenters. The van der Waals surface area contributed by atoms with E-state index in [1.165, 1.54) is 10.7 Å². The molecule has 9 nitrogen and oxygen atoms in total. The highest BCUT2D eigenvalue weighted by atomic mass is 19.1. The molecule has 2 bridgehead atoms.